The average Bonchev–Trinajstić information content (AvgIpc) is 3.48. The van der Waals surface area contributed by atoms with Crippen LogP contribution in [0, 0.1) is 0 Å². The fraction of sp³-hybridized carbons (Fsp3) is 0.531. The van der Waals surface area contributed by atoms with Crippen LogP contribution in [0.15, 0.2) is 58.0 Å². The van der Waals surface area contributed by atoms with Crippen molar-refractivity contribution in [3.8, 4) is 5.75 Å². The van der Waals surface area contributed by atoms with Gasteiger partial charge in [-0.3, -0.25) is 23.7 Å². The Labute approximate surface area is 270 Å². The molecule has 1 aromatic carbocycles. The molecule has 47 heavy (non-hydrogen) atoms. The van der Waals surface area contributed by atoms with E-state index in [2.05, 4.69) is 10.6 Å². The zero-order chi connectivity index (χ0) is 33.5. The number of benzene rings is 1. The van der Waals surface area contributed by atoms with Crippen molar-refractivity contribution >= 4 is 17.7 Å². The highest BCUT2D eigenvalue weighted by Crippen LogP contribution is 2.31. The van der Waals surface area contributed by atoms with E-state index in [9.17, 15) is 24.0 Å². The summed E-state index contributed by atoms with van der Waals surface area (Å²) in [6.45, 7) is 1.81. The van der Waals surface area contributed by atoms with E-state index in [1.165, 1.54) is 16.8 Å². The Kier molecular flexibility index (Phi) is 11.1. The molecule has 4 heterocycles. The van der Waals surface area contributed by atoms with Crippen molar-refractivity contribution < 1.29 is 38.1 Å². The first-order chi connectivity index (χ1) is 22.6. The molecule has 0 bridgehead atoms. The lowest BCUT2D eigenvalue weighted by atomic mass is 10.1. The fourth-order valence-corrected chi connectivity index (χ4v) is 5.80. The van der Waals surface area contributed by atoms with Crippen LogP contribution in [0.4, 0.5) is 0 Å². The summed E-state index contributed by atoms with van der Waals surface area (Å²) in [6, 6.07) is 7.79. The number of methoxy groups -OCH3 is 1. The summed E-state index contributed by atoms with van der Waals surface area (Å²) in [5, 5.41) is 5.60. The summed E-state index contributed by atoms with van der Waals surface area (Å²) in [5.41, 5.74) is 5.36. The van der Waals surface area contributed by atoms with Crippen LogP contribution in [0.3, 0.4) is 0 Å². The largest absolute Gasteiger partial charge is 0.497 e. The van der Waals surface area contributed by atoms with Crippen molar-refractivity contribution in [2.45, 2.75) is 102 Å². The molecule has 15 heteroatoms. The Morgan fingerprint density at radius 3 is 2.62 bits per heavy atom. The van der Waals surface area contributed by atoms with Crippen LogP contribution < -0.4 is 32.4 Å². The van der Waals surface area contributed by atoms with E-state index in [1.807, 2.05) is 19.1 Å². The molecule has 2 fully saturated rings. The number of amides is 3. The van der Waals surface area contributed by atoms with E-state index < -0.39 is 53.8 Å². The van der Waals surface area contributed by atoms with E-state index in [-0.39, 0.29) is 31.0 Å². The molecule has 3 aliphatic heterocycles. The van der Waals surface area contributed by atoms with Crippen LogP contribution in [0.25, 0.3) is 0 Å². The Morgan fingerprint density at radius 2 is 1.87 bits per heavy atom. The number of primary amides is 1. The summed E-state index contributed by atoms with van der Waals surface area (Å²) in [4.78, 5) is 63.7. The van der Waals surface area contributed by atoms with Crippen LogP contribution in [-0.2, 0) is 46.7 Å². The molecule has 254 valence electrons. The minimum atomic E-state index is -1.24. The van der Waals surface area contributed by atoms with E-state index >= 15 is 0 Å². The predicted molar refractivity (Wildman–Crippen MR) is 166 cm³/mol. The molecule has 0 radical (unpaired) electrons. The van der Waals surface area contributed by atoms with Gasteiger partial charge in [0.15, 0.2) is 11.9 Å². The summed E-state index contributed by atoms with van der Waals surface area (Å²) in [5.74, 6) is -0.911. The van der Waals surface area contributed by atoms with Crippen molar-refractivity contribution in [3.05, 3.63) is 74.8 Å². The summed E-state index contributed by atoms with van der Waals surface area (Å²) >= 11 is 0. The van der Waals surface area contributed by atoms with Gasteiger partial charge in [0.2, 0.25) is 18.1 Å². The van der Waals surface area contributed by atoms with Crippen molar-refractivity contribution in [2.24, 2.45) is 5.73 Å². The van der Waals surface area contributed by atoms with Crippen molar-refractivity contribution in [1.82, 2.24) is 19.8 Å². The number of aromatic nitrogens is 2. The van der Waals surface area contributed by atoms with Crippen molar-refractivity contribution in [2.75, 3.05) is 7.11 Å². The highest BCUT2D eigenvalue weighted by Gasteiger charge is 2.39. The highest BCUT2D eigenvalue weighted by molar-refractivity contribution is 5.95. The van der Waals surface area contributed by atoms with Gasteiger partial charge in [0.25, 0.3) is 11.5 Å². The first kappa shape index (κ1) is 33.9. The maximum Gasteiger partial charge on any atom is 0.335 e. The van der Waals surface area contributed by atoms with Crippen LogP contribution >= 0.6 is 0 Å². The number of nitrogens with one attached hydrogen (secondary N) is 2. The minimum absolute atomic E-state index is 0.0113. The van der Waals surface area contributed by atoms with Gasteiger partial charge in [-0.15, -0.1) is 0 Å². The summed E-state index contributed by atoms with van der Waals surface area (Å²) in [6.07, 6.45) is 2.67. The molecule has 2 saturated heterocycles. The number of nitrogens with zero attached hydrogens (tertiary/aromatic N) is 2. The van der Waals surface area contributed by atoms with Gasteiger partial charge in [-0.05, 0) is 69.2 Å². The van der Waals surface area contributed by atoms with Gasteiger partial charge < -0.3 is 40.1 Å². The van der Waals surface area contributed by atoms with E-state index in [4.69, 9.17) is 29.4 Å². The fourth-order valence-electron chi connectivity index (χ4n) is 5.80. The molecule has 4 N–H and O–H groups in total. The van der Waals surface area contributed by atoms with Gasteiger partial charge in [0.1, 0.15) is 24.8 Å². The topological polar surface area (TPSA) is 191 Å². The monoisotopic (exact) mass is 655 g/mol. The molecule has 3 amide bonds. The molecular weight excluding hydrogens is 614 g/mol. The molecule has 15 nitrogen and oxygen atoms in total. The number of carbonyl (C=O) groups is 3. The standard InChI is InChI=1S/C32H41N5O10/c1-19-5-3-6-22(30(40)34-19)35-31(41)24-7-4-8-27(46-24)47-28(29(33)39)23-13-14-26(45-23)36-16-15-25(38)37(32(36)42)18-44-17-20-9-11-21(43-2)12-10-20/h7,9-12,15-16,19,22-23,26-28H,3-6,8,13-14,17-18H2,1-2H3,(H2,33,39)(H,34,40)(H,35,41). The lowest BCUT2D eigenvalue weighted by Gasteiger charge is -2.30. The normalized spacial score (nSPS) is 25.1. The number of ether oxygens (including phenoxy) is 5. The second-order valence-corrected chi connectivity index (χ2v) is 11.8. The van der Waals surface area contributed by atoms with Gasteiger partial charge in [0.05, 0.1) is 19.8 Å². The lowest BCUT2D eigenvalue weighted by Crippen LogP contribution is -2.48. The quantitative estimate of drug-likeness (QED) is 0.297. The minimum Gasteiger partial charge on any atom is -0.497 e. The van der Waals surface area contributed by atoms with Crippen LogP contribution in [0.1, 0.15) is 63.7 Å². The third kappa shape index (κ3) is 8.47. The van der Waals surface area contributed by atoms with Gasteiger partial charge in [-0.25, -0.2) is 9.36 Å². The molecule has 6 atom stereocenters. The Morgan fingerprint density at radius 1 is 1.09 bits per heavy atom. The van der Waals surface area contributed by atoms with E-state index in [0.717, 1.165) is 23.0 Å². The summed E-state index contributed by atoms with van der Waals surface area (Å²) < 4.78 is 30.8. The van der Waals surface area contributed by atoms with Crippen LogP contribution in [0.5, 0.6) is 5.75 Å². The second kappa shape index (κ2) is 15.4. The van der Waals surface area contributed by atoms with E-state index in [0.29, 0.717) is 37.9 Å². The second-order valence-electron chi connectivity index (χ2n) is 11.8. The van der Waals surface area contributed by atoms with Gasteiger partial charge in [0, 0.05) is 24.7 Å². The maximum absolute atomic E-state index is 13.3. The molecule has 0 aliphatic carbocycles. The number of carbonyl (C=O) groups excluding carboxylic acids is 3. The number of allylic oxidation sites excluding steroid dienone is 1. The zero-order valence-electron chi connectivity index (χ0n) is 26.4. The Balaban J connectivity index is 1.18. The Bertz CT molecular complexity index is 1590. The third-order valence-electron chi connectivity index (χ3n) is 8.36. The third-order valence-corrected chi connectivity index (χ3v) is 8.36. The first-order valence-electron chi connectivity index (χ1n) is 15.7. The molecule has 2 aromatic rings. The predicted octanol–water partition coefficient (Wildman–Crippen LogP) is 0.935. The van der Waals surface area contributed by atoms with Crippen LogP contribution in [0.2, 0.25) is 0 Å². The molecule has 0 saturated carbocycles. The molecule has 1 aromatic heterocycles. The average molecular weight is 656 g/mol. The Hall–Kier alpha value is -4.47. The summed E-state index contributed by atoms with van der Waals surface area (Å²) in [7, 11) is 1.57. The van der Waals surface area contributed by atoms with Gasteiger partial charge >= 0.3 is 5.69 Å². The maximum atomic E-state index is 13.3. The highest BCUT2D eigenvalue weighted by atomic mass is 16.7. The number of nitrogens with two attached hydrogens (primary N) is 1. The lowest BCUT2D eigenvalue weighted by molar-refractivity contribution is -0.195. The van der Waals surface area contributed by atoms with Crippen molar-refractivity contribution in [1.29, 1.82) is 0 Å². The van der Waals surface area contributed by atoms with Gasteiger partial charge in [-0.2, -0.15) is 0 Å². The number of rotatable bonds is 12. The molecule has 6 unspecified atom stereocenters. The molecular formula is C32H41N5O10. The first-order valence-corrected chi connectivity index (χ1v) is 15.7. The molecule has 0 spiro atoms. The van der Waals surface area contributed by atoms with Crippen LogP contribution in [-0.4, -0.2) is 64.5 Å². The molecule has 5 rings (SSSR count). The van der Waals surface area contributed by atoms with Crippen molar-refractivity contribution in [3.63, 3.8) is 0 Å². The smallest absolute Gasteiger partial charge is 0.335 e. The number of hydrogen-bond donors (Lipinski definition) is 3. The molecule has 3 aliphatic rings. The SMILES string of the molecule is COc1ccc(COCn2c(=O)ccn(C3CCC(C(OC4CCC=C(C(=O)NC5CCCC(C)NC5=O)O4)C(N)=O)O3)c2=O)cc1. The number of hydrogen-bond acceptors (Lipinski definition) is 10. The van der Waals surface area contributed by atoms with E-state index in [1.54, 1.807) is 25.3 Å². The van der Waals surface area contributed by atoms with Gasteiger partial charge in [-0.1, -0.05) is 12.1 Å². The zero-order valence-corrected chi connectivity index (χ0v) is 26.4.